The van der Waals surface area contributed by atoms with E-state index < -0.39 is 5.97 Å². The summed E-state index contributed by atoms with van der Waals surface area (Å²) in [5.74, 6) is -0.142. The van der Waals surface area contributed by atoms with Crippen molar-refractivity contribution in [2.45, 2.75) is 20.4 Å². The average Bonchev–Trinajstić information content (AvgIpc) is 2.78. The second-order valence-corrected chi connectivity index (χ2v) is 4.89. The fraction of sp³-hybridized carbons (Fsp3) is 0.538. The summed E-state index contributed by atoms with van der Waals surface area (Å²) in [6.07, 6.45) is 1.54. The number of carbonyl (C=O) groups is 2. The van der Waals surface area contributed by atoms with E-state index in [1.165, 1.54) is 16.1 Å². The van der Waals surface area contributed by atoms with Gasteiger partial charge in [-0.2, -0.15) is 0 Å². The molecule has 0 fully saturated rings. The molecule has 0 saturated carbocycles. The molecule has 1 rings (SSSR count). The molecule has 0 radical (unpaired) electrons. The van der Waals surface area contributed by atoms with E-state index in [2.05, 4.69) is 0 Å². The summed E-state index contributed by atoms with van der Waals surface area (Å²) in [6.45, 7) is 4.32. The molecule has 0 aromatic carbocycles. The summed E-state index contributed by atoms with van der Waals surface area (Å²) < 4.78 is 5.17. The lowest BCUT2D eigenvalue weighted by molar-refractivity contribution is -0.137. The van der Waals surface area contributed by atoms with Crippen LogP contribution in [-0.4, -0.2) is 47.0 Å². The van der Waals surface area contributed by atoms with Crippen LogP contribution < -0.4 is 0 Å². The monoisotopic (exact) mass is 268 g/mol. The van der Waals surface area contributed by atoms with E-state index in [4.69, 9.17) is 9.52 Å². The SMILES string of the molecule is CC(C)CN(CC(=O)O)C(=O)N(C)Cc1ccco1. The Morgan fingerprint density at radius 3 is 2.58 bits per heavy atom. The van der Waals surface area contributed by atoms with Crippen LogP contribution in [0.3, 0.4) is 0 Å². The molecule has 0 aliphatic carbocycles. The quantitative estimate of drug-likeness (QED) is 0.854. The van der Waals surface area contributed by atoms with Crippen molar-refractivity contribution in [2.75, 3.05) is 20.1 Å². The van der Waals surface area contributed by atoms with E-state index >= 15 is 0 Å². The Morgan fingerprint density at radius 1 is 1.42 bits per heavy atom. The van der Waals surface area contributed by atoms with Crippen LogP contribution in [-0.2, 0) is 11.3 Å². The lowest BCUT2D eigenvalue weighted by Crippen LogP contribution is -2.45. The maximum Gasteiger partial charge on any atom is 0.323 e. The summed E-state index contributed by atoms with van der Waals surface area (Å²) in [4.78, 5) is 25.8. The average molecular weight is 268 g/mol. The van der Waals surface area contributed by atoms with Crippen molar-refractivity contribution in [3.8, 4) is 0 Å². The van der Waals surface area contributed by atoms with E-state index in [0.29, 0.717) is 18.8 Å². The van der Waals surface area contributed by atoms with Crippen LogP contribution in [0.2, 0.25) is 0 Å². The molecular weight excluding hydrogens is 248 g/mol. The van der Waals surface area contributed by atoms with Gasteiger partial charge in [-0.1, -0.05) is 13.8 Å². The van der Waals surface area contributed by atoms with Crippen molar-refractivity contribution in [3.63, 3.8) is 0 Å². The lowest BCUT2D eigenvalue weighted by atomic mass is 10.2. The van der Waals surface area contributed by atoms with Gasteiger partial charge in [-0.25, -0.2) is 4.79 Å². The fourth-order valence-electron chi connectivity index (χ4n) is 1.76. The number of aliphatic carboxylic acids is 1. The Hall–Kier alpha value is -1.98. The van der Waals surface area contributed by atoms with Gasteiger partial charge in [0.2, 0.25) is 0 Å². The van der Waals surface area contributed by atoms with Gasteiger partial charge < -0.3 is 19.3 Å². The molecule has 0 spiro atoms. The van der Waals surface area contributed by atoms with Gasteiger partial charge in [0, 0.05) is 13.6 Å². The first-order chi connectivity index (χ1) is 8.90. The van der Waals surface area contributed by atoms with Gasteiger partial charge in [-0.05, 0) is 18.1 Å². The number of rotatable bonds is 6. The van der Waals surface area contributed by atoms with Gasteiger partial charge in [0.15, 0.2) is 0 Å². The molecule has 1 aromatic heterocycles. The van der Waals surface area contributed by atoms with Crippen molar-refractivity contribution >= 4 is 12.0 Å². The highest BCUT2D eigenvalue weighted by Gasteiger charge is 2.21. The Labute approximate surface area is 112 Å². The molecule has 2 amide bonds. The first kappa shape index (κ1) is 15.1. The number of amides is 2. The minimum Gasteiger partial charge on any atom is -0.480 e. The van der Waals surface area contributed by atoms with Gasteiger partial charge in [0.05, 0.1) is 12.8 Å². The van der Waals surface area contributed by atoms with Crippen molar-refractivity contribution in [2.24, 2.45) is 5.92 Å². The number of carbonyl (C=O) groups excluding carboxylic acids is 1. The molecule has 1 heterocycles. The normalized spacial score (nSPS) is 10.5. The first-order valence-corrected chi connectivity index (χ1v) is 6.14. The van der Waals surface area contributed by atoms with Gasteiger partial charge in [0.25, 0.3) is 0 Å². The van der Waals surface area contributed by atoms with Gasteiger partial charge in [-0.3, -0.25) is 4.79 Å². The van der Waals surface area contributed by atoms with Gasteiger partial charge in [0.1, 0.15) is 12.3 Å². The number of hydrogen-bond donors (Lipinski definition) is 1. The van der Waals surface area contributed by atoms with E-state index in [-0.39, 0.29) is 18.5 Å². The largest absolute Gasteiger partial charge is 0.480 e. The fourth-order valence-corrected chi connectivity index (χ4v) is 1.76. The molecule has 1 aromatic rings. The van der Waals surface area contributed by atoms with Crippen molar-refractivity contribution in [1.29, 1.82) is 0 Å². The van der Waals surface area contributed by atoms with E-state index in [1.54, 1.807) is 19.2 Å². The molecule has 106 valence electrons. The summed E-state index contributed by atoms with van der Waals surface area (Å²) in [7, 11) is 1.63. The van der Waals surface area contributed by atoms with E-state index in [0.717, 1.165) is 0 Å². The third-order valence-electron chi connectivity index (χ3n) is 2.48. The standard InChI is InChI=1S/C13H20N2O4/c1-10(2)7-15(9-12(16)17)13(18)14(3)8-11-5-4-6-19-11/h4-6,10H,7-9H2,1-3H3,(H,16,17). The molecule has 0 atom stereocenters. The maximum atomic E-state index is 12.2. The zero-order valence-corrected chi connectivity index (χ0v) is 11.5. The highest BCUT2D eigenvalue weighted by Crippen LogP contribution is 2.08. The molecule has 6 heteroatoms. The van der Waals surface area contributed by atoms with Crippen molar-refractivity contribution < 1.29 is 19.1 Å². The van der Waals surface area contributed by atoms with Crippen LogP contribution >= 0.6 is 0 Å². The molecule has 1 N–H and O–H groups in total. The third kappa shape index (κ3) is 5.03. The number of nitrogens with zero attached hydrogens (tertiary/aromatic N) is 2. The van der Waals surface area contributed by atoms with E-state index in [9.17, 15) is 9.59 Å². The highest BCUT2D eigenvalue weighted by molar-refractivity contribution is 5.80. The molecule has 0 aliphatic heterocycles. The minimum absolute atomic E-state index is 0.209. The second kappa shape index (κ2) is 6.82. The zero-order valence-electron chi connectivity index (χ0n) is 11.5. The predicted molar refractivity (Wildman–Crippen MR) is 69.6 cm³/mol. The Kier molecular flexibility index (Phi) is 5.41. The topological polar surface area (TPSA) is 74.0 Å². The Bertz CT molecular complexity index is 414. The van der Waals surface area contributed by atoms with Crippen LogP contribution in [0.1, 0.15) is 19.6 Å². The van der Waals surface area contributed by atoms with Crippen LogP contribution in [0, 0.1) is 5.92 Å². The Morgan fingerprint density at radius 2 is 2.11 bits per heavy atom. The highest BCUT2D eigenvalue weighted by atomic mass is 16.4. The summed E-state index contributed by atoms with van der Waals surface area (Å²) in [5.41, 5.74) is 0. The van der Waals surface area contributed by atoms with Crippen LogP contribution in [0.4, 0.5) is 4.79 Å². The van der Waals surface area contributed by atoms with E-state index in [1.807, 2.05) is 13.8 Å². The number of carboxylic acids is 1. The number of furan rings is 1. The smallest absolute Gasteiger partial charge is 0.323 e. The third-order valence-corrected chi connectivity index (χ3v) is 2.48. The molecule has 0 unspecified atom stereocenters. The summed E-state index contributed by atoms with van der Waals surface area (Å²) in [6, 6.07) is 3.21. The minimum atomic E-state index is -1.01. The van der Waals surface area contributed by atoms with Crippen molar-refractivity contribution in [1.82, 2.24) is 9.80 Å². The molecule has 0 saturated heterocycles. The maximum absolute atomic E-state index is 12.2. The number of carboxylic acid groups (broad SMARTS) is 1. The molecular formula is C13H20N2O4. The number of hydrogen-bond acceptors (Lipinski definition) is 3. The van der Waals surface area contributed by atoms with Crippen LogP contribution in [0.5, 0.6) is 0 Å². The molecule has 6 nitrogen and oxygen atoms in total. The van der Waals surface area contributed by atoms with Crippen LogP contribution in [0.15, 0.2) is 22.8 Å². The lowest BCUT2D eigenvalue weighted by Gasteiger charge is -2.27. The molecule has 0 bridgehead atoms. The Balaban J connectivity index is 2.66. The predicted octanol–water partition coefficient (Wildman–Crippen LogP) is 1.87. The second-order valence-electron chi connectivity index (χ2n) is 4.89. The van der Waals surface area contributed by atoms with Crippen LogP contribution in [0.25, 0.3) is 0 Å². The summed E-state index contributed by atoms with van der Waals surface area (Å²) in [5, 5.41) is 8.85. The molecule has 19 heavy (non-hydrogen) atoms. The molecule has 0 aliphatic rings. The summed E-state index contributed by atoms with van der Waals surface area (Å²) >= 11 is 0. The van der Waals surface area contributed by atoms with Crippen molar-refractivity contribution in [3.05, 3.63) is 24.2 Å². The zero-order chi connectivity index (χ0) is 14.4. The van der Waals surface area contributed by atoms with Gasteiger partial charge >= 0.3 is 12.0 Å². The number of urea groups is 1. The van der Waals surface area contributed by atoms with Gasteiger partial charge in [-0.15, -0.1) is 0 Å². The first-order valence-electron chi connectivity index (χ1n) is 6.14.